The maximum Gasteiger partial charge on any atom is 0.243 e. The molecule has 21 heavy (non-hydrogen) atoms. The predicted molar refractivity (Wildman–Crippen MR) is 74.0 cm³/mol. The summed E-state index contributed by atoms with van der Waals surface area (Å²) in [5.41, 5.74) is 0. The van der Waals surface area contributed by atoms with Crippen molar-refractivity contribution in [2.45, 2.75) is 24.8 Å². The Labute approximate surface area is 122 Å². The minimum absolute atomic E-state index is 0.143. The van der Waals surface area contributed by atoms with E-state index < -0.39 is 10.0 Å². The Bertz CT molecular complexity index is 637. The van der Waals surface area contributed by atoms with Crippen molar-refractivity contribution in [1.29, 1.82) is 0 Å². The molecule has 0 aliphatic rings. The van der Waals surface area contributed by atoms with E-state index in [1.54, 1.807) is 4.68 Å². The second-order valence-electron chi connectivity index (χ2n) is 4.28. The number of rotatable bonds is 9. The maximum atomic E-state index is 12.1. The van der Waals surface area contributed by atoms with Gasteiger partial charge in [0.05, 0.1) is 12.7 Å². The number of sulfonamides is 1. The van der Waals surface area contributed by atoms with Crippen molar-refractivity contribution in [2.75, 3.05) is 19.6 Å². The molecule has 0 spiro atoms. The first-order valence-corrected chi connectivity index (χ1v) is 8.08. The average Bonchev–Trinajstić information content (AvgIpc) is 3.10. The number of hydrogen-bond acceptors (Lipinski definition) is 7. The Morgan fingerprint density at radius 2 is 2.24 bits per heavy atom. The average molecular weight is 314 g/mol. The summed E-state index contributed by atoms with van der Waals surface area (Å²) >= 11 is 0. The Balaban J connectivity index is 1.86. The standard InChI is InChI=1S/C11H18N6O3S/c1-2-12-5-6-17-8-10(7-14-17)21(18,19)16-4-3-11-13-9-15-20-11/h7-9,12,16H,2-6H2,1H3. The third kappa shape index (κ3) is 4.62. The van der Waals surface area contributed by atoms with Crippen molar-refractivity contribution in [3.63, 3.8) is 0 Å². The van der Waals surface area contributed by atoms with Crippen LogP contribution in [-0.4, -0.2) is 48.0 Å². The molecule has 0 radical (unpaired) electrons. The Hall–Kier alpha value is -1.78. The molecule has 0 fully saturated rings. The van der Waals surface area contributed by atoms with Gasteiger partial charge >= 0.3 is 0 Å². The molecule has 0 atom stereocenters. The molecule has 2 N–H and O–H groups in total. The molecule has 2 rings (SSSR count). The molecule has 2 aromatic heterocycles. The molecule has 0 amide bonds. The number of nitrogens with one attached hydrogen (secondary N) is 2. The molecule has 2 heterocycles. The van der Waals surface area contributed by atoms with Crippen LogP contribution in [0.15, 0.2) is 28.1 Å². The fourth-order valence-electron chi connectivity index (χ4n) is 1.66. The van der Waals surface area contributed by atoms with E-state index in [1.807, 2.05) is 6.92 Å². The van der Waals surface area contributed by atoms with Crippen LogP contribution in [0.1, 0.15) is 12.8 Å². The molecule has 2 aromatic rings. The zero-order valence-electron chi connectivity index (χ0n) is 11.7. The van der Waals surface area contributed by atoms with E-state index >= 15 is 0 Å². The Kier molecular flexibility index (Phi) is 5.42. The van der Waals surface area contributed by atoms with Crippen LogP contribution >= 0.6 is 0 Å². The fourth-order valence-corrected chi connectivity index (χ4v) is 2.64. The number of nitrogens with zero attached hydrogens (tertiary/aromatic N) is 4. The molecular formula is C11H18N6O3S. The van der Waals surface area contributed by atoms with E-state index in [4.69, 9.17) is 4.52 Å². The first-order valence-electron chi connectivity index (χ1n) is 6.60. The van der Waals surface area contributed by atoms with Gasteiger partial charge in [-0.2, -0.15) is 10.1 Å². The van der Waals surface area contributed by atoms with Crippen LogP contribution in [0, 0.1) is 0 Å². The van der Waals surface area contributed by atoms with Crippen molar-refractivity contribution in [3.8, 4) is 0 Å². The van der Waals surface area contributed by atoms with Crippen LogP contribution in [0.3, 0.4) is 0 Å². The summed E-state index contributed by atoms with van der Waals surface area (Å²) in [5.74, 6) is 0.388. The zero-order chi connectivity index (χ0) is 15.1. The highest BCUT2D eigenvalue weighted by atomic mass is 32.2. The normalized spacial score (nSPS) is 11.9. The van der Waals surface area contributed by atoms with Gasteiger partial charge in [0.2, 0.25) is 15.9 Å². The number of likely N-dealkylation sites (N-methyl/N-ethyl adjacent to an activating group) is 1. The van der Waals surface area contributed by atoms with E-state index in [2.05, 4.69) is 25.3 Å². The monoisotopic (exact) mass is 314 g/mol. The van der Waals surface area contributed by atoms with Crippen molar-refractivity contribution in [2.24, 2.45) is 0 Å². The molecule has 0 bridgehead atoms. The summed E-state index contributed by atoms with van der Waals surface area (Å²) in [4.78, 5) is 3.96. The van der Waals surface area contributed by atoms with Gasteiger partial charge in [-0.05, 0) is 6.54 Å². The predicted octanol–water partition coefficient (Wildman–Crippen LogP) is -0.603. The molecule has 0 saturated heterocycles. The van der Waals surface area contributed by atoms with Crippen LogP contribution in [0.25, 0.3) is 0 Å². The minimum Gasteiger partial charge on any atom is -0.340 e. The summed E-state index contributed by atoms with van der Waals surface area (Å²) in [6.45, 7) is 4.41. The third-order valence-corrected chi connectivity index (χ3v) is 4.14. The van der Waals surface area contributed by atoms with Crippen molar-refractivity contribution in [3.05, 3.63) is 24.6 Å². The number of aromatic nitrogens is 4. The zero-order valence-corrected chi connectivity index (χ0v) is 12.5. The molecule has 0 aliphatic carbocycles. The van der Waals surface area contributed by atoms with E-state index in [0.29, 0.717) is 18.9 Å². The Morgan fingerprint density at radius 3 is 2.95 bits per heavy atom. The number of hydrogen-bond donors (Lipinski definition) is 2. The van der Waals surface area contributed by atoms with Gasteiger partial charge in [-0.3, -0.25) is 4.68 Å². The van der Waals surface area contributed by atoms with Crippen LogP contribution in [0.2, 0.25) is 0 Å². The van der Waals surface area contributed by atoms with Gasteiger partial charge in [0, 0.05) is 25.7 Å². The fraction of sp³-hybridized carbons (Fsp3) is 0.545. The van der Waals surface area contributed by atoms with Gasteiger partial charge in [-0.25, -0.2) is 13.1 Å². The second-order valence-corrected chi connectivity index (χ2v) is 6.04. The molecule has 116 valence electrons. The molecule has 0 unspecified atom stereocenters. The highest BCUT2D eigenvalue weighted by Crippen LogP contribution is 2.06. The topological polar surface area (TPSA) is 115 Å². The second kappa shape index (κ2) is 7.29. The van der Waals surface area contributed by atoms with Crippen LogP contribution in [-0.2, 0) is 23.0 Å². The Morgan fingerprint density at radius 1 is 1.38 bits per heavy atom. The lowest BCUT2D eigenvalue weighted by Gasteiger charge is -2.03. The summed E-state index contributed by atoms with van der Waals surface area (Å²) < 4.78 is 33.0. The lowest BCUT2D eigenvalue weighted by Crippen LogP contribution is -2.25. The largest absolute Gasteiger partial charge is 0.340 e. The smallest absolute Gasteiger partial charge is 0.243 e. The first-order chi connectivity index (χ1) is 10.1. The summed E-state index contributed by atoms with van der Waals surface area (Å²) in [6.07, 6.45) is 4.46. The molecule has 9 nitrogen and oxygen atoms in total. The minimum atomic E-state index is -3.57. The summed E-state index contributed by atoms with van der Waals surface area (Å²) in [6, 6.07) is 0. The van der Waals surface area contributed by atoms with Crippen LogP contribution in [0.5, 0.6) is 0 Å². The molecular weight excluding hydrogens is 296 g/mol. The van der Waals surface area contributed by atoms with Gasteiger partial charge in [-0.15, -0.1) is 0 Å². The van der Waals surface area contributed by atoms with Gasteiger partial charge < -0.3 is 9.84 Å². The van der Waals surface area contributed by atoms with E-state index in [1.165, 1.54) is 18.7 Å². The highest BCUT2D eigenvalue weighted by Gasteiger charge is 2.16. The third-order valence-electron chi connectivity index (χ3n) is 2.73. The van der Waals surface area contributed by atoms with Crippen molar-refractivity contribution in [1.82, 2.24) is 30.0 Å². The van der Waals surface area contributed by atoms with Gasteiger partial charge in [-0.1, -0.05) is 12.1 Å². The quantitative estimate of drug-likeness (QED) is 0.594. The summed E-state index contributed by atoms with van der Waals surface area (Å²) in [7, 11) is -3.57. The molecule has 0 saturated carbocycles. The summed E-state index contributed by atoms with van der Waals surface area (Å²) in [5, 5.41) is 10.6. The van der Waals surface area contributed by atoms with E-state index in [-0.39, 0.29) is 11.4 Å². The molecule has 0 aliphatic heterocycles. The highest BCUT2D eigenvalue weighted by molar-refractivity contribution is 7.89. The lowest BCUT2D eigenvalue weighted by atomic mass is 10.4. The van der Waals surface area contributed by atoms with Gasteiger partial charge in [0.25, 0.3) is 0 Å². The SMILES string of the molecule is CCNCCn1cc(S(=O)(=O)NCCc2ncno2)cn1. The van der Waals surface area contributed by atoms with Gasteiger partial charge in [0.1, 0.15) is 4.90 Å². The van der Waals surface area contributed by atoms with E-state index in [9.17, 15) is 8.42 Å². The van der Waals surface area contributed by atoms with Crippen molar-refractivity contribution >= 4 is 10.0 Å². The van der Waals surface area contributed by atoms with Crippen LogP contribution in [0.4, 0.5) is 0 Å². The van der Waals surface area contributed by atoms with Gasteiger partial charge in [0.15, 0.2) is 6.33 Å². The first kappa shape index (κ1) is 15.6. The maximum absolute atomic E-state index is 12.1. The van der Waals surface area contributed by atoms with E-state index in [0.717, 1.165) is 13.1 Å². The van der Waals surface area contributed by atoms with Crippen LogP contribution < -0.4 is 10.0 Å². The lowest BCUT2D eigenvalue weighted by molar-refractivity contribution is 0.377. The molecule has 10 heteroatoms. The van der Waals surface area contributed by atoms with Crippen molar-refractivity contribution < 1.29 is 12.9 Å². The molecule has 0 aromatic carbocycles.